The highest BCUT2D eigenvalue weighted by Crippen LogP contribution is 2.45. The van der Waals surface area contributed by atoms with Gasteiger partial charge in [0.15, 0.2) is 6.04 Å². The number of fused-ring (bicyclic) bond motifs is 1. The molecule has 1 aliphatic heterocycles. The van der Waals surface area contributed by atoms with Crippen LogP contribution in [0, 0.1) is 18.3 Å². The standard InChI is InChI=1S/C39H52N3O6/c1-23(2)25(4)42(44-11,45-12)32-16-14-27-29(41-32)21-24(3)33(31(48-39(8,9)10)22-47-37(43)38(5,6)7)35(27)28-13-15-30-34-26(18-20-46-30)17-19-40-36(28)34/h13-17,19,21,23,25,31H,18,20,22H2,1-12H3/q+1/t25-,31+/m0/s1. The fourth-order valence-corrected chi connectivity index (χ4v) is 6.56. The number of aromatic nitrogens is 2. The van der Waals surface area contributed by atoms with Gasteiger partial charge in [-0.15, -0.1) is 0 Å². The lowest BCUT2D eigenvalue weighted by atomic mass is 9.86. The monoisotopic (exact) mass is 658 g/mol. The minimum absolute atomic E-state index is 0.0449. The number of nitrogens with zero attached hydrogens (tertiary/aromatic N) is 3. The molecule has 9 nitrogen and oxygen atoms in total. The SMILES string of the molecule is CO[N+](OC)(c1ccc2c(-c3ccc4c5c(ccnc35)CCO4)c([C@@H](COC(=O)C(C)(C)C)OC(C)(C)C)c(C)cc2n1)[C@@H](C)C(C)C. The molecule has 0 N–H and O–H groups in total. The molecular weight excluding hydrogens is 606 g/mol. The van der Waals surface area contributed by atoms with Crippen LogP contribution in [0.25, 0.3) is 32.9 Å². The first kappa shape index (κ1) is 35.7. The van der Waals surface area contributed by atoms with Crippen molar-refractivity contribution in [2.75, 3.05) is 27.4 Å². The zero-order chi connectivity index (χ0) is 35.2. The number of esters is 1. The number of rotatable bonds is 10. The molecule has 0 spiro atoms. The zero-order valence-electron chi connectivity index (χ0n) is 30.7. The molecule has 0 saturated carbocycles. The highest BCUT2D eigenvalue weighted by Gasteiger charge is 2.44. The van der Waals surface area contributed by atoms with Gasteiger partial charge in [0.25, 0.3) is 5.82 Å². The first-order valence-electron chi connectivity index (χ1n) is 16.9. The summed E-state index contributed by atoms with van der Waals surface area (Å²) in [7, 11) is 3.29. The van der Waals surface area contributed by atoms with E-state index in [2.05, 4.69) is 52.0 Å². The number of carbonyl (C=O) groups excluding carboxylic acids is 1. The highest BCUT2D eigenvalue weighted by molar-refractivity contribution is 6.07. The van der Waals surface area contributed by atoms with Crippen molar-refractivity contribution in [3.63, 3.8) is 0 Å². The number of carbonyl (C=O) groups is 1. The van der Waals surface area contributed by atoms with E-state index in [4.69, 9.17) is 33.9 Å². The molecule has 2 aromatic heterocycles. The first-order valence-corrected chi connectivity index (χ1v) is 16.9. The van der Waals surface area contributed by atoms with Crippen LogP contribution < -0.4 is 9.55 Å². The second-order valence-corrected chi connectivity index (χ2v) is 15.1. The van der Waals surface area contributed by atoms with Crippen molar-refractivity contribution in [2.24, 2.45) is 11.3 Å². The maximum absolute atomic E-state index is 13.1. The lowest BCUT2D eigenvalue weighted by molar-refractivity contribution is -0.352. The summed E-state index contributed by atoms with van der Waals surface area (Å²) in [5, 5.41) is 1.92. The average molecular weight is 659 g/mol. The fraction of sp³-hybridized carbons (Fsp3) is 0.513. The Morgan fingerprint density at radius 1 is 1.00 bits per heavy atom. The molecule has 0 aliphatic carbocycles. The fourth-order valence-electron chi connectivity index (χ4n) is 6.56. The van der Waals surface area contributed by atoms with Gasteiger partial charge in [-0.1, -0.05) is 13.8 Å². The number of hydroxylamine groups is 2. The van der Waals surface area contributed by atoms with E-state index in [0.717, 1.165) is 56.2 Å². The van der Waals surface area contributed by atoms with Crippen LogP contribution in [0.3, 0.4) is 0 Å². The third-order valence-electron chi connectivity index (χ3n) is 9.22. The second-order valence-electron chi connectivity index (χ2n) is 15.1. The van der Waals surface area contributed by atoms with Gasteiger partial charge in [0.05, 0.1) is 28.7 Å². The Balaban J connectivity index is 1.84. The minimum atomic E-state index is -0.658. The van der Waals surface area contributed by atoms with Crippen molar-refractivity contribution < 1.29 is 28.7 Å². The molecule has 0 radical (unpaired) electrons. The Bertz CT molecular complexity index is 1810. The molecular formula is C39H52N3O6+. The van der Waals surface area contributed by atoms with Gasteiger partial charge in [0.2, 0.25) is 0 Å². The van der Waals surface area contributed by atoms with Crippen molar-refractivity contribution in [1.29, 1.82) is 0 Å². The topological polar surface area (TPSA) is 89.0 Å². The van der Waals surface area contributed by atoms with Crippen molar-refractivity contribution in [2.45, 2.75) is 93.4 Å². The summed E-state index contributed by atoms with van der Waals surface area (Å²) in [4.78, 5) is 35.1. The van der Waals surface area contributed by atoms with Crippen LogP contribution in [0.1, 0.15) is 85.1 Å². The Kier molecular flexibility index (Phi) is 9.92. The molecule has 4 aromatic rings. The van der Waals surface area contributed by atoms with Gasteiger partial charge in [0.1, 0.15) is 32.7 Å². The van der Waals surface area contributed by atoms with Gasteiger partial charge >= 0.3 is 5.97 Å². The Morgan fingerprint density at radius 3 is 2.33 bits per heavy atom. The molecule has 0 unspecified atom stereocenters. The molecule has 5 rings (SSSR count). The summed E-state index contributed by atoms with van der Waals surface area (Å²) >= 11 is 0. The van der Waals surface area contributed by atoms with Gasteiger partial charge in [-0.2, -0.15) is 14.7 Å². The Labute approximate surface area is 285 Å². The van der Waals surface area contributed by atoms with Gasteiger partial charge in [-0.25, -0.2) is 0 Å². The van der Waals surface area contributed by atoms with Gasteiger partial charge < -0.3 is 14.2 Å². The molecule has 0 bridgehead atoms. The number of hydrogen-bond donors (Lipinski definition) is 0. The molecule has 2 atom stereocenters. The Morgan fingerprint density at radius 2 is 1.71 bits per heavy atom. The Hall–Kier alpha value is -3.63. The number of hydrogen-bond acceptors (Lipinski definition) is 8. The highest BCUT2D eigenvalue weighted by atomic mass is 17.0. The summed E-state index contributed by atoms with van der Waals surface area (Å²) in [6.07, 6.45) is 2.10. The normalized spacial score (nSPS) is 15.1. The van der Waals surface area contributed by atoms with Gasteiger partial charge in [-0.05, 0) is 108 Å². The third kappa shape index (κ3) is 6.66. The number of quaternary nitrogens is 1. The summed E-state index contributed by atoms with van der Waals surface area (Å²) in [5.41, 5.74) is 5.35. The van der Waals surface area contributed by atoms with Crippen LogP contribution in [0.15, 0.2) is 42.6 Å². The second kappa shape index (κ2) is 13.3. The van der Waals surface area contributed by atoms with E-state index in [1.165, 1.54) is 5.56 Å². The third-order valence-corrected chi connectivity index (χ3v) is 9.22. The van der Waals surface area contributed by atoms with Crippen LogP contribution in [0.2, 0.25) is 0 Å². The molecule has 258 valence electrons. The van der Waals surface area contributed by atoms with Gasteiger partial charge in [-0.3, -0.25) is 9.78 Å². The van der Waals surface area contributed by atoms with E-state index < -0.39 is 17.1 Å². The minimum Gasteiger partial charge on any atom is -0.493 e. The van der Waals surface area contributed by atoms with E-state index in [0.29, 0.717) is 12.4 Å². The van der Waals surface area contributed by atoms with E-state index in [1.807, 2.05) is 59.9 Å². The van der Waals surface area contributed by atoms with Crippen LogP contribution in [0.4, 0.5) is 5.82 Å². The molecule has 2 aromatic carbocycles. The zero-order valence-corrected chi connectivity index (χ0v) is 30.7. The van der Waals surface area contributed by atoms with Crippen LogP contribution in [-0.2, 0) is 30.4 Å². The predicted octanol–water partition coefficient (Wildman–Crippen LogP) is 8.61. The average Bonchev–Trinajstić information content (AvgIpc) is 3.02. The quantitative estimate of drug-likeness (QED) is 0.0951. The molecule has 1 aliphatic rings. The van der Waals surface area contributed by atoms with E-state index in [9.17, 15) is 4.79 Å². The largest absolute Gasteiger partial charge is 0.493 e. The summed E-state index contributed by atoms with van der Waals surface area (Å²) in [5.74, 6) is 1.42. The summed E-state index contributed by atoms with van der Waals surface area (Å²) in [6.45, 7) is 20.7. The molecule has 0 saturated heterocycles. The van der Waals surface area contributed by atoms with Crippen LogP contribution >= 0.6 is 0 Å². The molecule has 0 fully saturated rings. The molecule has 48 heavy (non-hydrogen) atoms. The smallest absolute Gasteiger partial charge is 0.311 e. The summed E-state index contributed by atoms with van der Waals surface area (Å²) < 4.78 is 18.8. The number of ether oxygens (including phenoxy) is 3. The predicted molar refractivity (Wildman–Crippen MR) is 191 cm³/mol. The van der Waals surface area contributed by atoms with E-state index >= 15 is 0 Å². The van der Waals surface area contributed by atoms with E-state index in [-0.39, 0.29) is 29.3 Å². The number of benzene rings is 2. The summed E-state index contributed by atoms with van der Waals surface area (Å²) in [6, 6.07) is 12.3. The van der Waals surface area contributed by atoms with Gasteiger partial charge in [0, 0.05) is 45.7 Å². The van der Waals surface area contributed by atoms with Crippen molar-refractivity contribution in [3.05, 3.63) is 59.3 Å². The maximum atomic E-state index is 13.1. The maximum Gasteiger partial charge on any atom is 0.311 e. The number of aryl methyl sites for hydroxylation is 1. The number of pyridine rings is 2. The lowest BCUT2D eigenvalue weighted by Crippen LogP contribution is -2.56. The van der Waals surface area contributed by atoms with E-state index in [1.54, 1.807) is 14.2 Å². The van der Waals surface area contributed by atoms with Crippen LogP contribution in [0.5, 0.6) is 5.75 Å². The van der Waals surface area contributed by atoms with Crippen LogP contribution in [-0.4, -0.2) is 55.0 Å². The molecule has 0 amide bonds. The molecule has 3 heterocycles. The molecule has 9 heteroatoms. The van der Waals surface area contributed by atoms with Crippen molar-refractivity contribution in [3.8, 4) is 16.9 Å². The lowest BCUT2D eigenvalue weighted by Gasteiger charge is -2.35. The van der Waals surface area contributed by atoms with Crippen molar-refractivity contribution >= 4 is 33.6 Å². The first-order chi connectivity index (χ1) is 22.5. The van der Waals surface area contributed by atoms with Crippen molar-refractivity contribution in [1.82, 2.24) is 14.8 Å².